The highest BCUT2D eigenvalue weighted by Gasteiger charge is 2.03. The van der Waals surface area contributed by atoms with Crippen LogP contribution in [0.3, 0.4) is 0 Å². The number of nitrogens with zero attached hydrogens (tertiary/aromatic N) is 1. The summed E-state index contributed by atoms with van der Waals surface area (Å²) in [6.07, 6.45) is 2.45. The fourth-order valence-electron chi connectivity index (χ4n) is 1.47. The zero-order valence-electron chi connectivity index (χ0n) is 10.4. The van der Waals surface area contributed by atoms with E-state index in [0.717, 1.165) is 23.5 Å². The average molecular weight is 270 g/mol. The summed E-state index contributed by atoms with van der Waals surface area (Å²) in [5, 5.41) is 14.3. The Morgan fingerprint density at radius 3 is 2.78 bits per heavy atom. The second-order valence-corrected chi connectivity index (χ2v) is 5.03. The molecule has 0 bridgehead atoms. The Morgan fingerprint density at radius 2 is 2.17 bits per heavy atom. The maximum atomic E-state index is 11.3. The zero-order chi connectivity index (χ0) is 13.4. The highest BCUT2D eigenvalue weighted by Crippen LogP contribution is 2.10. The number of hydrogen-bond acceptors (Lipinski definition) is 4. The normalized spacial score (nSPS) is 10.3. The van der Waals surface area contributed by atoms with Crippen LogP contribution in [0.15, 0.2) is 5.38 Å². The molecule has 0 saturated heterocycles. The van der Waals surface area contributed by atoms with Crippen molar-refractivity contribution in [1.29, 1.82) is 0 Å². The van der Waals surface area contributed by atoms with Gasteiger partial charge in [-0.2, -0.15) is 0 Å². The van der Waals surface area contributed by atoms with Gasteiger partial charge in [-0.15, -0.1) is 11.3 Å². The molecule has 0 aromatic carbocycles. The number of rotatable bonds is 8. The van der Waals surface area contributed by atoms with Crippen LogP contribution in [0.25, 0.3) is 0 Å². The van der Waals surface area contributed by atoms with Crippen LogP contribution in [0, 0.1) is 6.92 Å². The van der Waals surface area contributed by atoms with E-state index in [0.29, 0.717) is 13.0 Å². The fourth-order valence-corrected chi connectivity index (χ4v) is 2.29. The molecule has 0 spiro atoms. The minimum Gasteiger partial charge on any atom is -0.481 e. The monoisotopic (exact) mass is 270 g/mol. The Hall–Kier alpha value is -1.43. The van der Waals surface area contributed by atoms with E-state index < -0.39 is 5.97 Å². The predicted molar refractivity (Wildman–Crippen MR) is 69.7 cm³/mol. The van der Waals surface area contributed by atoms with Crippen LogP contribution in [-0.2, 0) is 16.0 Å². The van der Waals surface area contributed by atoms with Gasteiger partial charge in [-0.05, 0) is 19.8 Å². The molecule has 1 rings (SSSR count). The molecule has 0 aliphatic carbocycles. The van der Waals surface area contributed by atoms with Gasteiger partial charge >= 0.3 is 5.97 Å². The number of aryl methyl sites for hydroxylation is 2. The summed E-state index contributed by atoms with van der Waals surface area (Å²) in [4.78, 5) is 25.9. The molecule has 0 aliphatic heterocycles. The lowest BCUT2D eigenvalue weighted by Crippen LogP contribution is -2.24. The Morgan fingerprint density at radius 1 is 1.39 bits per heavy atom. The van der Waals surface area contributed by atoms with E-state index in [1.807, 2.05) is 12.3 Å². The summed E-state index contributed by atoms with van der Waals surface area (Å²) in [5.41, 5.74) is 1.03. The number of amides is 1. The molecule has 18 heavy (non-hydrogen) atoms. The number of aliphatic carboxylic acids is 1. The van der Waals surface area contributed by atoms with Crippen molar-refractivity contribution in [2.24, 2.45) is 0 Å². The first-order chi connectivity index (χ1) is 8.58. The van der Waals surface area contributed by atoms with Gasteiger partial charge in [-0.3, -0.25) is 9.59 Å². The number of thiazole rings is 1. The molecule has 6 heteroatoms. The molecule has 1 aromatic heterocycles. The fraction of sp³-hybridized carbons (Fsp3) is 0.583. The van der Waals surface area contributed by atoms with Crippen LogP contribution in [-0.4, -0.2) is 28.5 Å². The molecule has 0 atom stereocenters. The van der Waals surface area contributed by atoms with Gasteiger partial charge in [0, 0.05) is 36.9 Å². The molecular formula is C12H18N2O3S. The summed E-state index contributed by atoms with van der Waals surface area (Å²) in [7, 11) is 0. The third-order valence-corrected chi connectivity index (χ3v) is 3.38. The minimum absolute atomic E-state index is 0.0474. The second kappa shape index (κ2) is 7.81. The Kier molecular flexibility index (Phi) is 6.35. The molecule has 5 nitrogen and oxygen atoms in total. The molecule has 0 saturated carbocycles. The highest BCUT2D eigenvalue weighted by atomic mass is 32.1. The van der Waals surface area contributed by atoms with Gasteiger partial charge in [-0.25, -0.2) is 4.98 Å². The molecular weight excluding hydrogens is 252 g/mol. The van der Waals surface area contributed by atoms with Crippen molar-refractivity contribution in [3.63, 3.8) is 0 Å². The summed E-state index contributed by atoms with van der Waals surface area (Å²) < 4.78 is 0. The largest absolute Gasteiger partial charge is 0.481 e. The number of nitrogens with one attached hydrogen (secondary N) is 1. The highest BCUT2D eigenvalue weighted by molar-refractivity contribution is 7.09. The number of hydrogen-bond donors (Lipinski definition) is 2. The first-order valence-electron chi connectivity index (χ1n) is 5.97. The molecule has 0 unspecified atom stereocenters. The smallest absolute Gasteiger partial charge is 0.303 e. The SMILES string of the molecule is Cc1csc(CCCNC(=O)CCCC(=O)O)n1. The van der Waals surface area contributed by atoms with Crippen molar-refractivity contribution in [3.8, 4) is 0 Å². The minimum atomic E-state index is -0.859. The van der Waals surface area contributed by atoms with Crippen LogP contribution < -0.4 is 5.32 Å². The zero-order valence-corrected chi connectivity index (χ0v) is 11.3. The van der Waals surface area contributed by atoms with Crippen LogP contribution >= 0.6 is 11.3 Å². The summed E-state index contributed by atoms with van der Waals surface area (Å²) in [5.74, 6) is -0.937. The van der Waals surface area contributed by atoms with Gasteiger partial charge in [0.25, 0.3) is 0 Å². The molecule has 1 heterocycles. The average Bonchev–Trinajstić information content (AvgIpc) is 2.70. The summed E-state index contributed by atoms with van der Waals surface area (Å²) in [6.45, 7) is 2.58. The third kappa shape index (κ3) is 6.34. The van der Waals surface area contributed by atoms with Crippen LogP contribution in [0.1, 0.15) is 36.4 Å². The van der Waals surface area contributed by atoms with Crippen molar-refractivity contribution in [3.05, 3.63) is 16.1 Å². The lowest BCUT2D eigenvalue weighted by Gasteiger charge is -2.03. The summed E-state index contributed by atoms with van der Waals surface area (Å²) >= 11 is 1.64. The third-order valence-electron chi connectivity index (χ3n) is 2.35. The molecule has 1 aromatic rings. The maximum Gasteiger partial charge on any atom is 0.303 e. The van der Waals surface area contributed by atoms with E-state index in [9.17, 15) is 9.59 Å². The number of carboxylic acid groups (broad SMARTS) is 1. The van der Waals surface area contributed by atoms with Crippen molar-refractivity contribution in [1.82, 2.24) is 10.3 Å². The number of aromatic nitrogens is 1. The standard InChI is InChI=1S/C12H18N2O3S/c1-9-8-18-11(14-9)5-3-7-13-10(15)4-2-6-12(16)17/h8H,2-7H2,1H3,(H,13,15)(H,16,17). The topological polar surface area (TPSA) is 79.3 Å². The molecule has 2 N–H and O–H groups in total. The van der Waals surface area contributed by atoms with Crippen LogP contribution in [0.4, 0.5) is 0 Å². The van der Waals surface area contributed by atoms with E-state index in [2.05, 4.69) is 10.3 Å². The van der Waals surface area contributed by atoms with E-state index in [1.165, 1.54) is 0 Å². The molecule has 0 radical (unpaired) electrons. The first-order valence-corrected chi connectivity index (χ1v) is 6.85. The quantitative estimate of drug-likeness (QED) is 0.705. The number of carboxylic acids is 1. The number of carbonyl (C=O) groups excluding carboxylic acids is 1. The first kappa shape index (κ1) is 14.6. The van der Waals surface area contributed by atoms with Gasteiger partial charge in [-0.1, -0.05) is 0 Å². The molecule has 0 fully saturated rings. The Balaban J connectivity index is 2.03. The molecule has 100 valence electrons. The second-order valence-electron chi connectivity index (χ2n) is 4.08. The van der Waals surface area contributed by atoms with Gasteiger partial charge in [0.05, 0.1) is 5.01 Å². The van der Waals surface area contributed by atoms with Crippen molar-refractivity contribution in [2.45, 2.75) is 39.0 Å². The van der Waals surface area contributed by atoms with Gasteiger partial charge < -0.3 is 10.4 Å². The van der Waals surface area contributed by atoms with E-state index in [1.54, 1.807) is 11.3 Å². The number of carbonyl (C=O) groups is 2. The van der Waals surface area contributed by atoms with E-state index in [-0.39, 0.29) is 18.7 Å². The van der Waals surface area contributed by atoms with Gasteiger partial charge in [0.2, 0.25) is 5.91 Å². The lowest BCUT2D eigenvalue weighted by molar-refractivity contribution is -0.137. The van der Waals surface area contributed by atoms with Crippen LogP contribution in [0.5, 0.6) is 0 Å². The molecule has 1 amide bonds. The van der Waals surface area contributed by atoms with E-state index >= 15 is 0 Å². The van der Waals surface area contributed by atoms with E-state index in [4.69, 9.17) is 5.11 Å². The summed E-state index contributed by atoms with van der Waals surface area (Å²) in [6, 6.07) is 0. The van der Waals surface area contributed by atoms with Gasteiger partial charge in [0.1, 0.15) is 0 Å². The lowest BCUT2D eigenvalue weighted by atomic mass is 10.2. The maximum absolute atomic E-state index is 11.3. The van der Waals surface area contributed by atoms with Crippen molar-refractivity contribution >= 4 is 23.2 Å². The van der Waals surface area contributed by atoms with Gasteiger partial charge in [0.15, 0.2) is 0 Å². The Labute approximate surface area is 110 Å². The van der Waals surface area contributed by atoms with Crippen LogP contribution in [0.2, 0.25) is 0 Å². The molecule has 0 aliphatic rings. The van der Waals surface area contributed by atoms with Crippen molar-refractivity contribution < 1.29 is 14.7 Å². The predicted octanol–water partition coefficient (Wildman–Crippen LogP) is 1.76. The Bertz CT molecular complexity index is 404. The van der Waals surface area contributed by atoms with Crippen molar-refractivity contribution in [2.75, 3.05) is 6.54 Å².